The van der Waals surface area contributed by atoms with Crippen molar-refractivity contribution < 1.29 is 14.3 Å². The van der Waals surface area contributed by atoms with Gasteiger partial charge in [0.15, 0.2) is 5.13 Å². The van der Waals surface area contributed by atoms with Crippen molar-refractivity contribution in [2.24, 2.45) is 0 Å². The van der Waals surface area contributed by atoms with E-state index < -0.39 is 0 Å². The van der Waals surface area contributed by atoms with Gasteiger partial charge in [0.1, 0.15) is 17.2 Å². The maximum atomic E-state index is 12.1. The highest BCUT2D eigenvalue weighted by atomic mass is 32.1. The molecule has 1 amide bonds. The fourth-order valence-corrected chi connectivity index (χ4v) is 2.94. The largest absolute Gasteiger partial charge is 0.497 e. The van der Waals surface area contributed by atoms with E-state index in [0.717, 1.165) is 17.0 Å². The number of nitrogens with one attached hydrogen (secondary N) is 1. The predicted molar refractivity (Wildman–Crippen MR) is 103 cm³/mol. The number of benzene rings is 1. The van der Waals surface area contributed by atoms with Gasteiger partial charge in [0.25, 0.3) is 0 Å². The van der Waals surface area contributed by atoms with E-state index in [4.69, 9.17) is 9.47 Å². The van der Waals surface area contributed by atoms with Crippen LogP contribution < -0.4 is 14.8 Å². The number of nitrogens with zero attached hydrogens (tertiary/aromatic N) is 2. The molecule has 0 radical (unpaired) electrons. The van der Waals surface area contributed by atoms with Gasteiger partial charge in [-0.05, 0) is 30.3 Å². The third-order valence-corrected chi connectivity index (χ3v) is 4.27. The Morgan fingerprint density at radius 2 is 2.04 bits per heavy atom. The maximum Gasteiger partial charge on any atom is 0.250 e. The molecule has 6 nitrogen and oxygen atoms in total. The number of thiazole rings is 1. The second-order valence-electron chi connectivity index (χ2n) is 5.18. The van der Waals surface area contributed by atoms with Gasteiger partial charge in [0, 0.05) is 29.3 Å². The van der Waals surface area contributed by atoms with Crippen LogP contribution in [0.3, 0.4) is 0 Å². The average Bonchev–Trinajstić information content (AvgIpc) is 3.15. The molecule has 132 valence electrons. The first-order valence-corrected chi connectivity index (χ1v) is 8.65. The number of ether oxygens (including phenoxy) is 2. The molecule has 3 aromatic rings. The van der Waals surface area contributed by atoms with Gasteiger partial charge < -0.3 is 9.47 Å². The molecule has 7 heteroatoms. The lowest BCUT2D eigenvalue weighted by atomic mass is 10.1. The molecule has 0 bridgehead atoms. The lowest BCUT2D eigenvalue weighted by Gasteiger charge is -2.07. The smallest absolute Gasteiger partial charge is 0.250 e. The van der Waals surface area contributed by atoms with Crippen LogP contribution in [-0.2, 0) is 4.79 Å². The van der Waals surface area contributed by atoms with Crippen molar-refractivity contribution in [3.8, 4) is 22.9 Å². The molecule has 1 N–H and O–H groups in total. The summed E-state index contributed by atoms with van der Waals surface area (Å²) in [6.45, 7) is 0. The van der Waals surface area contributed by atoms with Crippen LogP contribution in [0.2, 0.25) is 0 Å². The van der Waals surface area contributed by atoms with Crippen molar-refractivity contribution in [3.05, 3.63) is 59.6 Å². The van der Waals surface area contributed by atoms with E-state index in [-0.39, 0.29) is 5.91 Å². The molecule has 2 aromatic heterocycles. The summed E-state index contributed by atoms with van der Waals surface area (Å²) in [5.41, 5.74) is 2.27. The quantitative estimate of drug-likeness (QED) is 0.670. The Morgan fingerprint density at radius 1 is 1.15 bits per heavy atom. The molecule has 0 aliphatic carbocycles. The Balaban J connectivity index is 1.68. The van der Waals surface area contributed by atoms with Crippen LogP contribution in [0, 0.1) is 0 Å². The zero-order chi connectivity index (χ0) is 18.4. The average molecular weight is 367 g/mol. The van der Waals surface area contributed by atoms with Crippen LogP contribution in [-0.4, -0.2) is 30.1 Å². The Kier molecular flexibility index (Phi) is 5.60. The first-order valence-electron chi connectivity index (χ1n) is 7.77. The molecule has 0 spiro atoms. The third kappa shape index (κ3) is 4.25. The monoisotopic (exact) mass is 367 g/mol. The molecule has 0 atom stereocenters. The van der Waals surface area contributed by atoms with Gasteiger partial charge in [0.2, 0.25) is 5.91 Å². The number of aromatic nitrogens is 2. The van der Waals surface area contributed by atoms with Crippen molar-refractivity contribution in [2.45, 2.75) is 0 Å². The summed E-state index contributed by atoms with van der Waals surface area (Å²) < 4.78 is 10.5. The topological polar surface area (TPSA) is 73.3 Å². The standard InChI is InChI=1S/C19H17N3O3S/c1-24-14-8-6-13(17(11-14)25-2)7-9-18(23)22-19-21-16(12-26-19)15-5-3-4-10-20-15/h3-12H,1-2H3,(H,21,22,23)/b9-7+. The first-order chi connectivity index (χ1) is 12.7. The number of carbonyl (C=O) groups is 1. The van der Waals surface area contributed by atoms with E-state index in [1.807, 2.05) is 29.6 Å². The molecule has 2 heterocycles. The summed E-state index contributed by atoms with van der Waals surface area (Å²) in [6.07, 6.45) is 4.82. The molecule has 26 heavy (non-hydrogen) atoms. The first kappa shape index (κ1) is 17.6. The van der Waals surface area contributed by atoms with Gasteiger partial charge in [0.05, 0.1) is 19.9 Å². The normalized spacial score (nSPS) is 10.7. The predicted octanol–water partition coefficient (Wildman–Crippen LogP) is 3.87. The summed E-state index contributed by atoms with van der Waals surface area (Å²) in [6, 6.07) is 11.0. The third-order valence-electron chi connectivity index (χ3n) is 3.52. The highest BCUT2D eigenvalue weighted by Crippen LogP contribution is 2.26. The number of hydrogen-bond acceptors (Lipinski definition) is 6. The van der Waals surface area contributed by atoms with Gasteiger partial charge in [-0.2, -0.15) is 0 Å². The molecule has 0 fully saturated rings. The molecule has 3 rings (SSSR count). The van der Waals surface area contributed by atoms with E-state index in [9.17, 15) is 4.79 Å². The zero-order valence-electron chi connectivity index (χ0n) is 14.3. The van der Waals surface area contributed by atoms with Crippen LogP contribution in [0.5, 0.6) is 11.5 Å². The van der Waals surface area contributed by atoms with Crippen molar-refractivity contribution in [2.75, 3.05) is 19.5 Å². The van der Waals surface area contributed by atoms with E-state index in [1.54, 1.807) is 38.6 Å². The molecule has 1 aromatic carbocycles. The van der Waals surface area contributed by atoms with Crippen LogP contribution in [0.15, 0.2) is 54.1 Å². The molecule has 0 unspecified atom stereocenters. The van der Waals surface area contributed by atoms with Crippen LogP contribution in [0.4, 0.5) is 5.13 Å². The molecule has 0 saturated carbocycles. The number of rotatable bonds is 6. The summed E-state index contributed by atoms with van der Waals surface area (Å²) >= 11 is 1.35. The summed E-state index contributed by atoms with van der Waals surface area (Å²) in [4.78, 5) is 20.8. The van der Waals surface area contributed by atoms with Gasteiger partial charge in [-0.3, -0.25) is 15.1 Å². The minimum absolute atomic E-state index is 0.273. The Labute approximate surface area is 155 Å². The van der Waals surface area contributed by atoms with Gasteiger partial charge >= 0.3 is 0 Å². The van der Waals surface area contributed by atoms with E-state index in [1.165, 1.54) is 17.4 Å². The second-order valence-corrected chi connectivity index (χ2v) is 6.04. The molecule has 0 saturated heterocycles. The minimum atomic E-state index is -0.273. The van der Waals surface area contributed by atoms with Crippen molar-refractivity contribution in [3.63, 3.8) is 0 Å². The number of hydrogen-bond donors (Lipinski definition) is 1. The Hall–Kier alpha value is -3.19. The number of amides is 1. The van der Waals surface area contributed by atoms with E-state index in [0.29, 0.717) is 16.6 Å². The van der Waals surface area contributed by atoms with Crippen molar-refractivity contribution in [1.29, 1.82) is 0 Å². The molecule has 0 aliphatic rings. The van der Waals surface area contributed by atoms with Crippen molar-refractivity contribution >= 4 is 28.5 Å². The van der Waals surface area contributed by atoms with Crippen LogP contribution in [0.1, 0.15) is 5.56 Å². The van der Waals surface area contributed by atoms with Crippen LogP contribution >= 0.6 is 11.3 Å². The number of methoxy groups -OCH3 is 2. The maximum absolute atomic E-state index is 12.1. The summed E-state index contributed by atoms with van der Waals surface area (Å²) in [7, 11) is 3.16. The SMILES string of the molecule is COc1ccc(/C=C/C(=O)Nc2nc(-c3ccccn3)cs2)c(OC)c1. The molecular formula is C19H17N3O3S. The highest BCUT2D eigenvalue weighted by molar-refractivity contribution is 7.14. The molecule has 0 aliphatic heterocycles. The van der Waals surface area contributed by atoms with Gasteiger partial charge in [-0.15, -0.1) is 11.3 Å². The minimum Gasteiger partial charge on any atom is -0.497 e. The number of carbonyl (C=O) groups excluding carboxylic acids is 1. The molecular weight excluding hydrogens is 350 g/mol. The lowest BCUT2D eigenvalue weighted by Crippen LogP contribution is -2.07. The fourth-order valence-electron chi connectivity index (χ4n) is 2.23. The zero-order valence-corrected chi connectivity index (χ0v) is 15.1. The van der Waals surface area contributed by atoms with E-state index >= 15 is 0 Å². The van der Waals surface area contributed by atoms with Gasteiger partial charge in [-0.1, -0.05) is 6.07 Å². The van der Waals surface area contributed by atoms with Gasteiger partial charge in [-0.25, -0.2) is 4.98 Å². The Bertz CT molecular complexity index is 923. The highest BCUT2D eigenvalue weighted by Gasteiger charge is 2.07. The number of anilines is 1. The number of pyridine rings is 1. The van der Waals surface area contributed by atoms with Crippen molar-refractivity contribution in [1.82, 2.24) is 9.97 Å². The van der Waals surface area contributed by atoms with E-state index in [2.05, 4.69) is 15.3 Å². The summed E-state index contributed by atoms with van der Waals surface area (Å²) in [5.74, 6) is 1.04. The summed E-state index contributed by atoms with van der Waals surface area (Å²) in [5, 5.41) is 5.12. The second kappa shape index (κ2) is 8.26. The lowest BCUT2D eigenvalue weighted by molar-refractivity contribution is -0.111. The van der Waals surface area contributed by atoms with Crippen LogP contribution in [0.25, 0.3) is 17.5 Å². The fraction of sp³-hybridized carbons (Fsp3) is 0.105. The Morgan fingerprint density at radius 3 is 2.77 bits per heavy atom.